The van der Waals surface area contributed by atoms with Crippen molar-refractivity contribution in [2.24, 2.45) is 0 Å². The summed E-state index contributed by atoms with van der Waals surface area (Å²) < 4.78 is 1.14. The van der Waals surface area contributed by atoms with Crippen LogP contribution in [-0.2, 0) is 17.9 Å². The molecule has 3 aromatic rings. The van der Waals surface area contributed by atoms with Crippen molar-refractivity contribution >= 4 is 17.5 Å². The molecule has 2 aromatic heterocycles. The Morgan fingerprint density at radius 3 is 2.64 bits per heavy atom. The van der Waals surface area contributed by atoms with E-state index in [1.54, 1.807) is 36.7 Å². The first kappa shape index (κ1) is 16.9. The molecule has 3 rings (SSSR count). The number of halogens is 1. The van der Waals surface area contributed by atoms with Crippen LogP contribution in [0.15, 0.2) is 65.7 Å². The van der Waals surface area contributed by atoms with Crippen LogP contribution >= 0.6 is 11.6 Å². The Morgan fingerprint density at radius 1 is 1.12 bits per heavy atom. The number of carbonyl (C=O) groups is 1. The quantitative estimate of drug-likeness (QED) is 0.762. The van der Waals surface area contributed by atoms with Gasteiger partial charge in [0.15, 0.2) is 0 Å². The monoisotopic (exact) mass is 354 g/mol. The fraction of sp³-hybridized carbons (Fsp3) is 0.111. The zero-order valence-corrected chi connectivity index (χ0v) is 14.0. The molecule has 0 aliphatic heterocycles. The molecule has 0 fully saturated rings. The average molecular weight is 355 g/mol. The summed E-state index contributed by atoms with van der Waals surface area (Å²) in [5.74, 6) is -0.298. The average Bonchev–Trinajstić information content (AvgIpc) is 2.64. The van der Waals surface area contributed by atoms with Gasteiger partial charge < -0.3 is 5.32 Å². The van der Waals surface area contributed by atoms with Gasteiger partial charge in [0.2, 0.25) is 5.91 Å². The number of carbonyl (C=O) groups excluding carboxylic acids is 1. The Morgan fingerprint density at radius 2 is 1.92 bits per heavy atom. The van der Waals surface area contributed by atoms with Crippen molar-refractivity contribution in [3.05, 3.63) is 81.9 Å². The van der Waals surface area contributed by atoms with Gasteiger partial charge in [-0.15, -0.1) is 0 Å². The number of hydrogen-bond donors (Lipinski definition) is 1. The molecule has 0 saturated heterocycles. The summed E-state index contributed by atoms with van der Waals surface area (Å²) in [4.78, 5) is 28.1. The van der Waals surface area contributed by atoms with E-state index in [1.165, 1.54) is 6.07 Å². The lowest BCUT2D eigenvalue weighted by molar-refractivity contribution is -0.122. The molecule has 0 bridgehead atoms. The zero-order chi connectivity index (χ0) is 17.6. The molecule has 1 N–H and O–H groups in total. The van der Waals surface area contributed by atoms with E-state index in [1.807, 2.05) is 18.2 Å². The lowest BCUT2D eigenvalue weighted by atomic mass is 10.2. The first-order valence-corrected chi connectivity index (χ1v) is 7.99. The van der Waals surface area contributed by atoms with E-state index >= 15 is 0 Å². The highest BCUT2D eigenvalue weighted by molar-refractivity contribution is 6.30. The summed E-state index contributed by atoms with van der Waals surface area (Å²) in [6.45, 7) is 0.202. The van der Waals surface area contributed by atoms with Crippen molar-refractivity contribution in [2.45, 2.75) is 13.1 Å². The van der Waals surface area contributed by atoms with Gasteiger partial charge in [-0.25, -0.2) is 4.68 Å². The predicted molar refractivity (Wildman–Crippen MR) is 95.0 cm³/mol. The van der Waals surface area contributed by atoms with Crippen molar-refractivity contribution in [1.29, 1.82) is 0 Å². The highest BCUT2D eigenvalue weighted by Crippen LogP contribution is 2.12. The maximum Gasteiger partial charge on any atom is 0.267 e. The standard InChI is InChI=1S/C18H15ClN4O2/c19-15-5-3-13(4-6-15)10-21-17(24)12-23-18(25)8-7-16(22-23)14-2-1-9-20-11-14/h1-9,11H,10,12H2,(H,21,24). The van der Waals surface area contributed by atoms with E-state index in [9.17, 15) is 9.59 Å². The molecular weight excluding hydrogens is 340 g/mol. The minimum absolute atomic E-state index is 0.152. The van der Waals surface area contributed by atoms with Crippen molar-refractivity contribution < 1.29 is 4.79 Å². The van der Waals surface area contributed by atoms with Gasteiger partial charge in [0.1, 0.15) is 6.54 Å². The SMILES string of the molecule is O=C(Cn1nc(-c2cccnc2)ccc1=O)NCc1ccc(Cl)cc1. The molecule has 2 heterocycles. The number of hydrogen-bond acceptors (Lipinski definition) is 4. The largest absolute Gasteiger partial charge is 0.350 e. The topological polar surface area (TPSA) is 76.9 Å². The summed E-state index contributed by atoms with van der Waals surface area (Å²) >= 11 is 5.83. The molecule has 1 aromatic carbocycles. The van der Waals surface area contributed by atoms with E-state index in [0.29, 0.717) is 17.3 Å². The van der Waals surface area contributed by atoms with E-state index in [-0.39, 0.29) is 18.0 Å². The third-order valence-corrected chi connectivity index (χ3v) is 3.77. The van der Waals surface area contributed by atoms with Gasteiger partial charge in [0, 0.05) is 35.6 Å². The Labute approximate surface area is 149 Å². The normalized spacial score (nSPS) is 10.4. The zero-order valence-electron chi connectivity index (χ0n) is 13.2. The van der Waals surface area contributed by atoms with Crippen LogP contribution in [0, 0.1) is 0 Å². The van der Waals surface area contributed by atoms with Crippen LogP contribution in [0.2, 0.25) is 5.02 Å². The van der Waals surface area contributed by atoms with Crippen molar-refractivity contribution in [1.82, 2.24) is 20.1 Å². The summed E-state index contributed by atoms with van der Waals surface area (Å²) in [6.07, 6.45) is 3.31. The van der Waals surface area contributed by atoms with E-state index in [4.69, 9.17) is 11.6 Å². The van der Waals surface area contributed by atoms with Crippen LogP contribution in [0.25, 0.3) is 11.3 Å². The van der Waals surface area contributed by atoms with E-state index < -0.39 is 0 Å². The second-order valence-corrected chi connectivity index (χ2v) is 5.80. The van der Waals surface area contributed by atoms with Crippen molar-refractivity contribution in [3.63, 3.8) is 0 Å². The lowest BCUT2D eigenvalue weighted by Crippen LogP contribution is -2.33. The van der Waals surface area contributed by atoms with Crippen LogP contribution < -0.4 is 10.9 Å². The van der Waals surface area contributed by atoms with Gasteiger partial charge in [-0.3, -0.25) is 14.6 Å². The minimum Gasteiger partial charge on any atom is -0.350 e. The van der Waals surface area contributed by atoms with Gasteiger partial charge in [0.25, 0.3) is 5.56 Å². The summed E-state index contributed by atoms with van der Waals surface area (Å²) in [6, 6.07) is 13.8. The number of nitrogens with zero attached hydrogens (tertiary/aromatic N) is 3. The molecule has 1 amide bonds. The van der Waals surface area contributed by atoms with E-state index in [0.717, 1.165) is 15.8 Å². The molecule has 0 aliphatic rings. The second kappa shape index (κ2) is 7.72. The smallest absolute Gasteiger partial charge is 0.267 e. The van der Waals surface area contributed by atoms with Gasteiger partial charge in [-0.2, -0.15) is 5.10 Å². The number of benzene rings is 1. The van der Waals surface area contributed by atoms with E-state index in [2.05, 4.69) is 15.4 Å². The molecule has 0 saturated carbocycles. The molecule has 0 radical (unpaired) electrons. The maximum absolute atomic E-state index is 12.1. The fourth-order valence-corrected chi connectivity index (χ4v) is 2.35. The van der Waals surface area contributed by atoms with Crippen molar-refractivity contribution in [2.75, 3.05) is 0 Å². The summed E-state index contributed by atoms with van der Waals surface area (Å²) in [5, 5.41) is 7.63. The van der Waals surface area contributed by atoms with Crippen LogP contribution in [0.5, 0.6) is 0 Å². The van der Waals surface area contributed by atoms with Crippen LogP contribution in [0.3, 0.4) is 0 Å². The van der Waals surface area contributed by atoms with Gasteiger partial charge >= 0.3 is 0 Å². The molecule has 0 aliphatic carbocycles. The number of amides is 1. The molecule has 0 atom stereocenters. The molecular formula is C18H15ClN4O2. The highest BCUT2D eigenvalue weighted by atomic mass is 35.5. The van der Waals surface area contributed by atoms with Gasteiger partial charge in [-0.1, -0.05) is 23.7 Å². The molecule has 126 valence electrons. The lowest BCUT2D eigenvalue weighted by Gasteiger charge is -2.08. The Balaban J connectivity index is 1.68. The third-order valence-electron chi connectivity index (χ3n) is 3.52. The predicted octanol–water partition coefficient (Wildman–Crippen LogP) is 2.28. The fourth-order valence-electron chi connectivity index (χ4n) is 2.23. The van der Waals surface area contributed by atoms with Crippen LogP contribution in [0.1, 0.15) is 5.56 Å². The molecule has 0 spiro atoms. The van der Waals surface area contributed by atoms with Crippen LogP contribution in [0.4, 0.5) is 0 Å². The Hall–Kier alpha value is -2.99. The molecule has 6 nitrogen and oxygen atoms in total. The first-order chi connectivity index (χ1) is 12.1. The third kappa shape index (κ3) is 4.51. The second-order valence-electron chi connectivity index (χ2n) is 5.36. The molecule has 0 unspecified atom stereocenters. The number of aromatic nitrogens is 3. The van der Waals surface area contributed by atoms with Crippen LogP contribution in [-0.4, -0.2) is 20.7 Å². The summed E-state index contributed by atoms with van der Waals surface area (Å²) in [7, 11) is 0. The van der Waals surface area contributed by atoms with Gasteiger partial charge in [0.05, 0.1) is 5.69 Å². The van der Waals surface area contributed by atoms with Crippen molar-refractivity contribution in [3.8, 4) is 11.3 Å². The Bertz CT molecular complexity index is 924. The maximum atomic E-state index is 12.1. The summed E-state index contributed by atoms with van der Waals surface area (Å²) in [5.41, 5.74) is 1.94. The first-order valence-electron chi connectivity index (χ1n) is 7.61. The van der Waals surface area contributed by atoms with Gasteiger partial charge in [-0.05, 0) is 35.9 Å². The number of nitrogens with one attached hydrogen (secondary N) is 1. The molecule has 7 heteroatoms. The molecule has 25 heavy (non-hydrogen) atoms. The number of pyridine rings is 1. The number of rotatable bonds is 5. The minimum atomic E-state index is -0.339. The Kier molecular flexibility index (Phi) is 5.20. The highest BCUT2D eigenvalue weighted by Gasteiger charge is 2.08.